The maximum Gasteiger partial charge on any atom is 0.258 e. The van der Waals surface area contributed by atoms with Gasteiger partial charge in [0.1, 0.15) is 10.7 Å². The molecule has 114 valence electrons. The zero-order valence-corrected chi connectivity index (χ0v) is 13.2. The molecule has 1 aromatic carbocycles. The number of thiocarbonyl (C=S) groups is 1. The van der Waals surface area contributed by atoms with Gasteiger partial charge in [-0.05, 0) is 25.0 Å². The Kier molecular flexibility index (Phi) is 5.69. The molecule has 1 heterocycles. The summed E-state index contributed by atoms with van der Waals surface area (Å²) in [4.78, 5) is 12.1. The van der Waals surface area contributed by atoms with E-state index in [1.54, 1.807) is 18.2 Å². The van der Waals surface area contributed by atoms with E-state index < -0.39 is 10.8 Å². The number of hydrogen-bond acceptors (Lipinski definition) is 4. The number of ether oxygens (including phenoxy) is 1. The summed E-state index contributed by atoms with van der Waals surface area (Å²) in [5, 5.41) is 2.90. The van der Waals surface area contributed by atoms with Crippen molar-refractivity contribution in [1.82, 2.24) is 5.32 Å². The number of carbonyl (C=O) groups excluding carboxylic acids is 1. The molecule has 0 bridgehead atoms. The van der Waals surface area contributed by atoms with Crippen LogP contribution in [0.1, 0.15) is 18.4 Å². The van der Waals surface area contributed by atoms with Crippen molar-refractivity contribution in [3.8, 4) is 5.75 Å². The van der Waals surface area contributed by atoms with Gasteiger partial charge in [0.25, 0.3) is 5.91 Å². The van der Waals surface area contributed by atoms with E-state index in [0.717, 1.165) is 12.8 Å². The summed E-state index contributed by atoms with van der Waals surface area (Å²) in [5.41, 5.74) is 6.22. The van der Waals surface area contributed by atoms with Crippen molar-refractivity contribution in [2.75, 3.05) is 18.1 Å². The minimum Gasteiger partial charge on any atom is -0.483 e. The number of para-hydroxylation sites is 1. The fourth-order valence-electron chi connectivity index (χ4n) is 2.15. The summed E-state index contributed by atoms with van der Waals surface area (Å²) in [5.74, 6) is 1.61. The van der Waals surface area contributed by atoms with Gasteiger partial charge in [0.15, 0.2) is 6.61 Å². The average molecular weight is 326 g/mol. The second-order valence-corrected chi connectivity index (χ2v) is 6.97. The summed E-state index contributed by atoms with van der Waals surface area (Å²) in [6, 6.07) is 7.18. The average Bonchev–Trinajstić information content (AvgIpc) is 2.48. The fourth-order valence-corrected chi connectivity index (χ4v) is 3.61. The highest BCUT2D eigenvalue weighted by Crippen LogP contribution is 2.17. The van der Waals surface area contributed by atoms with Crippen LogP contribution in [0.15, 0.2) is 24.3 Å². The Morgan fingerprint density at radius 1 is 1.38 bits per heavy atom. The van der Waals surface area contributed by atoms with Gasteiger partial charge in [0.2, 0.25) is 0 Å². The van der Waals surface area contributed by atoms with Crippen molar-refractivity contribution in [2.24, 2.45) is 5.73 Å². The summed E-state index contributed by atoms with van der Waals surface area (Å²) in [6.07, 6.45) is 1.50. The van der Waals surface area contributed by atoms with Gasteiger partial charge in [-0.1, -0.05) is 24.4 Å². The normalized spacial score (nSPS) is 21.5. The molecule has 0 spiro atoms. The first kappa shape index (κ1) is 15.9. The first-order valence-electron chi connectivity index (χ1n) is 6.72. The Balaban J connectivity index is 1.84. The molecule has 0 unspecified atom stereocenters. The zero-order valence-electron chi connectivity index (χ0n) is 11.5. The Hall–Kier alpha value is -1.47. The van der Waals surface area contributed by atoms with Crippen molar-refractivity contribution in [3.63, 3.8) is 0 Å². The minimum atomic E-state index is -0.728. The lowest BCUT2D eigenvalue weighted by molar-refractivity contribution is -0.123. The van der Waals surface area contributed by atoms with Crippen LogP contribution >= 0.6 is 12.2 Å². The molecule has 1 fully saturated rings. The number of carbonyl (C=O) groups is 1. The summed E-state index contributed by atoms with van der Waals surface area (Å²) >= 11 is 4.94. The molecule has 0 atom stereocenters. The number of nitrogens with two attached hydrogens (primary N) is 1. The van der Waals surface area contributed by atoms with Crippen LogP contribution < -0.4 is 15.8 Å². The standard InChI is InChI=1S/C14H18N2O3S2/c15-14(20)11-3-1-2-4-12(11)19-9-13(17)16-10-5-7-21(18)8-6-10/h1-4,10H,5-9H2,(H2,15,20)(H,16,17). The molecule has 21 heavy (non-hydrogen) atoms. The van der Waals surface area contributed by atoms with Crippen molar-refractivity contribution in [3.05, 3.63) is 29.8 Å². The minimum absolute atomic E-state index is 0.0841. The fraction of sp³-hybridized carbons (Fsp3) is 0.429. The molecule has 3 N–H and O–H groups in total. The molecule has 0 radical (unpaired) electrons. The van der Waals surface area contributed by atoms with Gasteiger partial charge in [-0.3, -0.25) is 9.00 Å². The van der Waals surface area contributed by atoms with Gasteiger partial charge in [-0.15, -0.1) is 0 Å². The molecule has 1 saturated heterocycles. The topological polar surface area (TPSA) is 81.4 Å². The molecule has 0 saturated carbocycles. The first-order chi connectivity index (χ1) is 10.1. The summed E-state index contributed by atoms with van der Waals surface area (Å²) < 4.78 is 16.7. The van der Waals surface area contributed by atoms with E-state index in [2.05, 4.69) is 5.32 Å². The summed E-state index contributed by atoms with van der Waals surface area (Å²) in [7, 11) is -0.728. The van der Waals surface area contributed by atoms with Crippen molar-refractivity contribution >= 4 is 33.9 Å². The lowest BCUT2D eigenvalue weighted by atomic mass is 10.1. The third-order valence-corrected chi connectivity index (χ3v) is 4.87. The van der Waals surface area contributed by atoms with Crippen LogP contribution in [0.4, 0.5) is 0 Å². The zero-order chi connectivity index (χ0) is 15.2. The van der Waals surface area contributed by atoms with Crippen LogP contribution in [-0.4, -0.2) is 39.3 Å². The van der Waals surface area contributed by atoms with E-state index >= 15 is 0 Å². The Bertz CT molecular complexity index is 553. The SMILES string of the molecule is NC(=S)c1ccccc1OCC(=O)NC1CCS(=O)CC1. The monoisotopic (exact) mass is 326 g/mol. The summed E-state index contributed by atoms with van der Waals surface area (Å²) in [6.45, 7) is -0.0841. The van der Waals surface area contributed by atoms with Crippen LogP contribution in [0.3, 0.4) is 0 Å². The van der Waals surface area contributed by atoms with Gasteiger partial charge >= 0.3 is 0 Å². The molecule has 7 heteroatoms. The second-order valence-electron chi connectivity index (χ2n) is 4.84. The van der Waals surface area contributed by atoms with E-state index in [4.69, 9.17) is 22.7 Å². The molecule has 1 amide bonds. The van der Waals surface area contributed by atoms with Gasteiger partial charge in [0, 0.05) is 28.3 Å². The van der Waals surface area contributed by atoms with Gasteiger partial charge in [-0.2, -0.15) is 0 Å². The van der Waals surface area contributed by atoms with Crippen LogP contribution in [0.2, 0.25) is 0 Å². The molecule has 1 aliphatic heterocycles. The maximum atomic E-state index is 11.9. The van der Waals surface area contributed by atoms with Gasteiger partial charge in [-0.25, -0.2) is 0 Å². The van der Waals surface area contributed by atoms with E-state index in [1.807, 2.05) is 6.07 Å². The Morgan fingerprint density at radius 2 is 2.05 bits per heavy atom. The van der Waals surface area contributed by atoms with Crippen molar-refractivity contribution in [1.29, 1.82) is 0 Å². The van der Waals surface area contributed by atoms with E-state index in [9.17, 15) is 9.00 Å². The van der Waals surface area contributed by atoms with E-state index in [1.165, 1.54) is 0 Å². The quantitative estimate of drug-likeness (QED) is 0.780. The highest BCUT2D eigenvalue weighted by molar-refractivity contribution is 7.85. The predicted molar refractivity (Wildman–Crippen MR) is 86.9 cm³/mol. The molecular weight excluding hydrogens is 308 g/mol. The molecule has 0 aliphatic carbocycles. The molecule has 0 aromatic heterocycles. The highest BCUT2D eigenvalue weighted by atomic mass is 32.2. The third kappa shape index (κ3) is 4.78. The lowest BCUT2D eigenvalue weighted by Crippen LogP contribution is -2.41. The predicted octanol–water partition coefficient (Wildman–Crippen LogP) is 0.727. The van der Waals surface area contributed by atoms with Crippen molar-refractivity contribution < 1.29 is 13.7 Å². The van der Waals surface area contributed by atoms with Crippen LogP contribution in [-0.2, 0) is 15.6 Å². The molecule has 1 aliphatic rings. The first-order valence-corrected chi connectivity index (χ1v) is 8.62. The largest absolute Gasteiger partial charge is 0.483 e. The number of amides is 1. The number of nitrogens with one attached hydrogen (secondary N) is 1. The van der Waals surface area contributed by atoms with Crippen LogP contribution in [0.5, 0.6) is 5.75 Å². The van der Waals surface area contributed by atoms with Gasteiger partial charge in [0.05, 0.1) is 5.56 Å². The molecule has 5 nitrogen and oxygen atoms in total. The van der Waals surface area contributed by atoms with Crippen molar-refractivity contribution in [2.45, 2.75) is 18.9 Å². The maximum absolute atomic E-state index is 11.9. The second kappa shape index (κ2) is 7.51. The molecule has 2 rings (SSSR count). The lowest BCUT2D eigenvalue weighted by Gasteiger charge is -2.22. The van der Waals surface area contributed by atoms with Gasteiger partial charge < -0.3 is 15.8 Å². The van der Waals surface area contributed by atoms with E-state index in [0.29, 0.717) is 22.8 Å². The van der Waals surface area contributed by atoms with Crippen LogP contribution in [0, 0.1) is 0 Å². The smallest absolute Gasteiger partial charge is 0.258 e. The number of rotatable bonds is 5. The molecule has 1 aromatic rings. The molecular formula is C14H18N2O3S2. The Labute approximate surface area is 131 Å². The highest BCUT2D eigenvalue weighted by Gasteiger charge is 2.19. The third-order valence-electron chi connectivity index (χ3n) is 3.26. The van der Waals surface area contributed by atoms with Crippen LogP contribution in [0.25, 0.3) is 0 Å². The van der Waals surface area contributed by atoms with E-state index in [-0.39, 0.29) is 23.5 Å². The number of hydrogen-bond donors (Lipinski definition) is 2. The Morgan fingerprint density at radius 3 is 2.71 bits per heavy atom. The number of benzene rings is 1.